The summed E-state index contributed by atoms with van der Waals surface area (Å²) in [6, 6.07) is 0. The lowest BCUT2D eigenvalue weighted by molar-refractivity contribution is -0.157. The molecule has 19 heavy (non-hydrogen) atoms. The van der Waals surface area contributed by atoms with Crippen molar-refractivity contribution in [3.8, 4) is 0 Å². The van der Waals surface area contributed by atoms with Crippen molar-refractivity contribution in [1.29, 1.82) is 0 Å². The molecule has 0 amide bonds. The Labute approximate surface area is 115 Å². The predicted molar refractivity (Wildman–Crippen MR) is 73.3 cm³/mol. The van der Waals surface area contributed by atoms with Crippen LogP contribution in [0.25, 0.3) is 0 Å². The van der Waals surface area contributed by atoms with E-state index in [-0.39, 0.29) is 0 Å². The smallest absolute Gasteiger partial charge is 0.311 e. The highest BCUT2D eigenvalue weighted by Gasteiger charge is 2.41. The molecule has 112 valence electrons. The summed E-state index contributed by atoms with van der Waals surface area (Å²) in [6.07, 6.45) is 1.20. The number of aliphatic carboxylic acids is 1. The van der Waals surface area contributed by atoms with E-state index < -0.39 is 11.4 Å². The minimum atomic E-state index is -0.693. The Morgan fingerprint density at radius 3 is 2.53 bits per heavy atom. The molecule has 0 radical (unpaired) electrons. The van der Waals surface area contributed by atoms with Gasteiger partial charge in [-0.25, -0.2) is 0 Å². The van der Waals surface area contributed by atoms with Gasteiger partial charge in [-0.05, 0) is 18.8 Å². The van der Waals surface area contributed by atoms with Gasteiger partial charge in [-0.1, -0.05) is 13.8 Å². The van der Waals surface area contributed by atoms with Crippen molar-refractivity contribution in [3.05, 3.63) is 0 Å². The third-order valence-electron chi connectivity index (χ3n) is 3.66. The van der Waals surface area contributed by atoms with E-state index in [0.717, 1.165) is 13.1 Å². The number of hydrogen-bond donors (Lipinski definition) is 1. The molecule has 0 spiro atoms. The van der Waals surface area contributed by atoms with E-state index in [2.05, 4.69) is 18.7 Å². The topological polar surface area (TPSA) is 59.0 Å². The monoisotopic (exact) mass is 273 g/mol. The molecule has 0 saturated carbocycles. The van der Waals surface area contributed by atoms with Crippen LogP contribution >= 0.6 is 0 Å². The molecule has 1 aliphatic rings. The maximum atomic E-state index is 11.7. The van der Waals surface area contributed by atoms with Crippen molar-refractivity contribution < 1.29 is 19.4 Å². The van der Waals surface area contributed by atoms with Gasteiger partial charge >= 0.3 is 5.97 Å². The molecule has 0 bridgehead atoms. The summed E-state index contributed by atoms with van der Waals surface area (Å²) in [5.74, 6) is -0.176. The summed E-state index contributed by atoms with van der Waals surface area (Å²) < 4.78 is 10.4. The van der Waals surface area contributed by atoms with Crippen LogP contribution in [-0.4, -0.2) is 62.5 Å². The fraction of sp³-hybridized carbons (Fsp3) is 0.929. The average Bonchev–Trinajstić information content (AvgIpc) is 2.36. The van der Waals surface area contributed by atoms with Crippen LogP contribution in [0, 0.1) is 11.3 Å². The molecule has 1 heterocycles. The fourth-order valence-electron chi connectivity index (χ4n) is 2.60. The van der Waals surface area contributed by atoms with E-state index in [1.807, 2.05) is 0 Å². The van der Waals surface area contributed by atoms with Crippen molar-refractivity contribution >= 4 is 5.97 Å². The number of nitrogens with zero attached hydrogens (tertiary/aromatic N) is 1. The Kier molecular flexibility index (Phi) is 6.75. The van der Waals surface area contributed by atoms with E-state index in [1.54, 1.807) is 7.11 Å². The second-order valence-corrected chi connectivity index (χ2v) is 5.82. The maximum Gasteiger partial charge on any atom is 0.311 e. The highest BCUT2D eigenvalue weighted by atomic mass is 16.5. The number of carboxylic acid groups (broad SMARTS) is 1. The van der Waals surface area contributed by atoms with Gasteiger partial charge in [-0.2, -0.15) is 0 Å². The lowest BCUT2D eigenvalue weighted by atomic mass is 9.79. The Bertz CT molecular complexity index is 275. The third-order valence-corrected chi connectivity index (χ3v) is 3.66. The highest BCUT2D eigenvalue weighted by molar-refractivity contribution is 5.75. The van der Waals surface area contributed by atoms with Crippen LogP contribution in [0.1, 0.15) is 26.7 Å². The second kappa shape index (κ2) is 7.82. The zero-order chi connectivity index (χ0) is 14.3. The van der Waals surface area contributed by atoms with Gasteiger partial charge < -0.3 is 14.6 Å². The van der Waals surface area contributed by atoms with Gasteiger partial charge in [0.1, 0.15) is 0 Å². The van der Waals surface area contributed by atoms with E-state index >= 15 is 0 Å². The summed E-state index contributed by atoms with van der Waals surface area (Å²) in [6.45, 7) is 8.31. The first-order chi connectivity index (χ1) is 9.00. The van der Waals surface area contributed by atoms with Gasteiger partial charge in [-0.15, -0.1) is 0 Å². The number of hydrogen-bond acceptors (Lipinski definition) is 4. The Morgan fingerprint density at radius 2 is 2.05 bits per heavy atom. The van der Waals surface area contributed by atoms with Gasteiger partial charge in [0, 0.05) is 40.0 Å². The molecule has 1 N–H and O–H groups in total. The SMILES string of the molecule is COCCN(CC(C)C)CC1(C(=O)O)CCOCC1. The molecule has 5 nitrogen and oxygen atoms in total. The second-order valence-electron chi connectivity index (χ2n) is 5.82. The molecular weight excluding hydrogens is 246 g/mol. The molecule has 0 aliphatic carbocycles. The number of carboxylic acids is 1. The largest absolute Gasteiger partial charge is 0.481 e. The fourth-order valence-corrected chi connectivity index (χ4v) is 2.60. The number of rotatable bonds is 8. The summed E-state index contributed by atoms with van der Waals surface area (Å²) in [4.78, 5) is 13.9. The number of ether oxygens (including phenoxy) is 2. The van der Waals surface area contributed by atoms with Gasteiger partial charge in [0.15, 0.2) is 0 Å². The van der Waals surface area contributed by atoms with Crippen LogP contribution in [-0.2, 0) is 14.3 Å². The minimum Gasteiger partial charge on any atom is -0.481 e. The minimum absolute atomic E-state index is 0.516. The Hall–Kier alpha value is -0.650. The molecule has 1 fully saturated rings. The number of carbonyl (C=O) groups is 1. The standard InChI is InChI=1S/C14H27NO4/c1-12(2)10-15(6-9-18-3)11-14(13(16)17)4-7-19-8-5-14/h12H,4-11H2,1-3H3,(H,16,17). The molecule has 5 heteroatoms. The first kappa shape index (κ1) is 16.4. The molecule has 0 aromatic carbocycles. The van der Waals surface area contributed by atoms with Crippen molar-refractivity contribution in [2.24, 2.45) is 11.3 Å². The lowest BCUT2D eigenvalue weighted by Crippen LogP contribution is -2.48. The molecule has 1 rings (SSSR count). The molecule has 0 aromatic rings. The molecule has 1 aliphatic heterocycles. The molecule has 0 aromatic heterocycles. The Balaban J connectivity index is 2.68. The summed E-state index contributed by atoms with van der Waals surface area (Å²) in [5.41, 5.74) is -0.652. The number of methoxy groups -OCH3 is 1. The Morgan fingerprint density at radius 1 is 1.42 bits per heavy atom. The molecular formula is C14H27NO4. The molecule has 0 atom stereocenters. The van der Waals surface area contributed by atoms with Crippen LogP contribution < -0.4 is 0 Å². The normalized spacial score (nSPS) is 19.0. The van der Waals surface area contributed by atoms with Crippen molar-refractivity contribution in [3.63, 3.8) is 0 Å². The first-order valence-corrected chi connectivity index (χ1v) is 7.02. The van der Waals surface area contributed by atoms with Crippen LogP contribution in [0.2, 0.25) is 0 Å². The first-order valence-electron chi connectivity index (χ1n) is 7.02. The lowest BCUT2D eigenvalue weighted by Gasteiger charge is -2.38. The van der Waals surface area contributed by atoms with Crippen molar-refractivity contribution in [1.82, 2.24) is 4.90 Å². The van der Waals surface area contributed by atoms with Gasteiger partial charge in [-0.3, -0.25) is 9.69 Å². The van der Waals surface area contributed by atoms with Crippen molar-refractivity contribution in [2.75, 3.05) is 46.6 Å². The zero-order valence-electron chi connectivity index (χ0n) is 12.4. The van der Waals surface area contributed by atoms with Gasteiger partial charge in [0.05, 0.1) is 12.0 Å². The average molecular weight is 273 g/mol. The molecule has 1 saturated heterocycles. The molecule has 0 unspecified atom stereocenters. The summed E-state index contributed by atoms with van der Waals surface area (Å²) >= 11 is 0. The predicted octanol–water partition coefficient (Wildman–Crippen LogP) is 1.47. The van der Waals surface area contributed by atoms with Crippen molar-refractivity contribution in [2.45, 2.75) is 26.7 Å². The third kappa shape index (κ3) is 5.09. The maximum absolute atomic E-state index is 11.7. The summed E-state index contributed by atoms with van der Waals surface area (Å²) in [5, 5.41) is 9.58. The van der Waals surface area contributed by atoms with Crippen LogP contribution in [0.5, 0.6) is 0 Å². The van der Waals surface area contributed by atoms with E-state index in [9.17, 15) is 9.90 Å². The van der Waals surface area contributed by atoms with E-state index in [0.29, 0.717) is 45.1 Å². The summed E-state index contributed by atoms with van der Waals surface area (Å²) in [7, 11) is 1.68. The quantitative estimate of drug-likeness (QED) is 0.726. The van der Waals surface area contributed by atoms with E-state index in [1.165, 1.54) is 0 Å². The van der Waals surface area contributed by atoms with Crippen LogP contribution in [0.3, 0.4) is 0 Å². The van der Waals surface area contributed by atoms with Crippen LogP contribution in [0.15, 0.2) is 0 Å². The van der Waals surface area contributed by atoms with Crippen LogP contribution in [0.4, 0.5) is 0 Å². The van der Waals surface area contributed by atoms with E-state index in [4.69, 9.17) is 9.47 Å². The van der Waals surface area contributed by atoms with Gasteiger partial charge in [0.25, 0.3) is 0 Å². The van der Waals surface area contributed by atoms with Gasteiger partial charge in [0.2, 0.25) is 0 Å². The highest BCUT2D eigenvalue weighted by Crippen LogP contribution is 2.32. The zero-order valence-corrected chi connectivity index (χ0v) is 12.4.